The third-order valence-corrected chi connectivity index (χ3v) is 4.26. The maximum atomic E-state index is 12.6. The van der Waals surface area contributed by atoms with Crippen LogP contribution in [0.4, 0.5) is 13.2 Å². The van der Waals surface area contributed by atoms with Crippen molar-refractivity contribution in [2.45, 2.75) is 13.1 Å². The predicted octanol–water partition coefficient (Wildman–Crippen LogP) is 3.51. The van der Waals surface area contributed by atoms with E-state index in [4.69, 9.17) is 4.74 Å². The number of carbonyl (C=O) groups excluding carboxylic acids is 1. The van der Waals surface area contributed by atoms with E-state index in [0.717, 1.165) is 23.5 Å². The van der Waals surface area contributed by atoms with Gasteiger partial charge in [0.2, 0.25) is 0 Å². The predicted molar refractivity (Wildman–Crippen MR) is 81.5 cm³/mol. The number of hydrogen-bond acceptors (Lipinski definition) is 4. The van der Waals surface area contributed by atoms with E-state index in [2.05, 4.69) is 10.3 Å². The summed E-state index contributed by atoms with van der Waals surface area (Å²) in [5, 5.41) is 3.20. The summed E-state index contributed by atoms with van der Waals surface area (Å²) in [6.07, 6.45) is -4.37. The Kier molecular flexibility index (Phi) is 5.38. The number of benzene rings is 1. The van der Waals surface area contributed by atoms with Crippen molar-refractivity contribution in [1.29, 1.82) is 0 Å². The number of ether oxygens (including phenoxy) is 1. The van der Waals surface area contributed by atoms with Crippen molar-refractivity contribution in [1.82, 2.24) is 10.3 Å². The number of halogens is 3. The summed E-state index contributed by atoms with van der Waals surface area (Å²) >= 11 is 1.15. The fraction of sp³-hybridized carbons (Fsp3) is 0.333. The molecule has 4 nitrogen and oxygen atoms in total. The van der Waals surface area contributed by atoms with Crippen LogP contribution in [0, 0.1) is 6.92 Å². The van der Waals surface area contributed by atoms with Crippen LogP contribution in [0.3, 0.4) is 0 Å². The van der Waals surface area contributed by atoms with Gasteiger partial charge in [-0.25, -0.2) is 4.98 Å². The van der Waals surface area contributed by atoms with E-state index in [-0.39, 0.29) is 5.91 Å². The third kappa shape index (κ3) is 4.29. The van der Waals surface area contributed by atoms with Crippen molar-refractivity contribution in [3.8, 4) is 10.6 Å². The molecule has 0 aliphatic carbocycles. The number of nitrogens with zero attached hydrogens (tertiary/aromatic N) is 1. The van der Waals surface area contributed by atoms with Gasteiger partial charge in [0, 0.05) is 19.2 Å². The number of alkyl halides is 3. The Labute approximate surface area is 135 Å². The molecule has 0 aliphatic rings. The number of amides is 1. The van der Waals surface area contributed by atoms with E-state index in [1.165, 1.54) is 19.2 Å². The molecule has 1 aromatic carbocycles. The number of rotatable bonds is 5. The Morgan fingerprint density at radius 3 is 2.52 bits per heavy atom. The van der Waals surface area contributed by atoms with Crippen molar-refractivity contribution in [2.75, 3.05) is 20.3 Å². The SMILES string of the molecule is COCCNC(=O)c1sc(-c2ccc(C(F)(F)F)cc2)nc1C. The van der Waals surface area contributed by atoms with Crippen LogP contribution in [0.15, 0.2) is 24.3 Å². The second-order valence-corrected chi connectivity index (χ2v) is 5.76. The normalized spacial score (nSPS) is 11.5. The van der Waals surface area contributed by atoms with E-state index in [0.29, 0.717) is 34.3 Å². The maximum absolute atomic E-state index is 12.6. The van der Waals surface area contributed by atoms with Gasteiger partial charge in [0.05, 0.1) is 17.9 Å². The molecule has 1 amide bonds. The molecule has 124 valence electrons. The van der Waals surface area contributed by atoms with E-state index in [1.54, 1.807) is 6.92 Å². The first-order valence-electron chi connectivity index (χ1n) is 6.75. The molecule has 1 heterocycles. The number of thiazole rings is 1. The summed E-state index contributed by atoms with van der Waals surface area (Å²) in [6, 6.07) is 4.72. The summed E-state index contributed by atoms with van der Waals surface area (Å²) in [6.45, 7) is 2.47. The Balaban J connectivity index is 2.18. The van der Waals surface area contributed by atoms with Crippen LogP contribution in [0.5, 0.6) is 0 Å². The number of aromatic nitrogens is 1. The Morgan fingerprint density at radius 2 is 1.96 bits per heavy atom. The highest BCUT2D eigenvalue weighted by atomic mass is 32.1. The van der Waals surface area contributed by atoms with E-state index >= 15 is 0 Å². The Morgan fingerprint density at radius 1 is 1.30 bits per heavy atom. The highest BCUT2D eigenvalue weighted by Crippen LogP contribution is 2.32. The molecule has 2 rings (SSSR count). The molecule has 0 aliphatic heterocycles. The monoisotopic (exact) mass is 344 g/mol. The standard InChI is InChI=1S/C15H15F3N2O2S/c1-9-12(13(21)19-7-8-22-2)23-14(20-9)10-3-5-11(6-4-10)15(16,17)18/h3-6H,7-8H2,1-2H3,(H,19,21). The quantitative estimate of drug-likeness (QED) is 0.845. The lowest BCUT2D eigenvalue weighted by molar-refractivity contribution is -0.137. The van der Waals surface area contributed by atoms with Crippen molar-refractivity contribution in [3.05, 3.63) is 40.4 Å². The third-order valence-electron chi connectivity index (χ3n) is 3.05. The van der Waals surface area contributed by atoms with Crippen molar-refractivity contribution in [2.24, 2.45) is 0 Å². The van der Waals surface area contributed by atoms with Gasteiger partial charge in [-0.1, -0.05) is 12.1 Å². The minimum atomic E-state index is -4.37. The number of carbonyl (C=O) groups is 1. The molecule has 0 saturated carbocycles. The van der Waals surface area contributed by atoms with E-state index in [9.17, 15) is 18.0 Å². The Hall–Kier alpha value is -1.93. The maximum Gasteiger partial charge on any atom is 0.416 e. The van der Waals surface area contributed by atoms with Gasteiger partial charge in [-0.15, -0.1) is 11.3 Å². The molecule has 0 fully saturated rings. The molecule has 1 N–H and O–H groups in total. The molecule has 8 heteroatoms. The largest absolute Gasteiger partial charge is 0.416 e. The number of hydrogen-bond donors (Lipinski definition) is 1. The van der Waals surface area contributed by atoms with Crippen LogP contribution in [0.2, 0.25) is 0 Å². The second kappa shape index (κ2) is 7.10. The van der Waals surface area contributed by atoms with Crippen LogP contribution in [0.25, 0.3) is 10.6 Å². The fourth-order valence-electron chi connectivity index (χ4n) is 1.88. The first-order valence-corrected chi connectivity index (χ1v) is 7.56. The fourth-order valence-corrected chi connectivity index (χ4v) is 2.87. The molecule has 2 aromatic rings. The van der Waals surface area contributed by atoms with Crippen molar-refractivity contribution in [3.63, 3.8) is 0 Å². The Bertz CT molecular complexity index is 681. The number of nitrogens with one attached hydrogen (secondary N) is 1. The molecule has 0 saturated heterocycles. The van der Waals surface area contributed by atoms with Crippen molar-refractivity contribution >= 4 is 17.2 Å². The highest BCUT2D eigenvalue weighted by molar-refractivity contribution is 7.17. The van der Waals surface area contributed by atoms with Crippen LogP contribution in [0.1, 0.15) is 20.9 Å². The van der Waals surface area contributed by atoms with Crippen molar-refractivity contribution < 1.29 is 22.7 Å². The lowest BCUT2D eigenvalue weighted by Gasteiger charge is -2.06. The van der Waals surface area contributed by atoms with Gasteiger partial charge in [-0.2, -0.15) is 13.2 Å². The van der Waals surface area contributed by atoms with Crippen LogP contribution < -0.4 is 5.32 Å². The molecular weight excluding hydrogens is 329 g/mol. The van der Waals surface area contributed by atoms with Crippen LogP contribution in [-0.4, -0.2) is 31.2 Å². The van der Waals surface area contributed by atoms with Crippen LogP contribution >= 0.6 is 11.3 Å². The zero-order chi connectivity index (χ0) is 17.0. The van der Waals surface area contributed by atoms with Gasteiger partial charge < -0.3 is 10.1 Å². The molecule has 0 spiro atoms. The molecule has 1 aromatic heterocycles. The van der Waals surface area contributed by atoms with Gasteiger partial charge >= 0.3 is 6.18 Å². The van der Waals surface area contributed by atoms with Crippen LogP contribution in [-0.2, 0) is 10.9 Å². The molecule has 0 radical (unpaired) electrons. The summed E-state index contributed by atoms with van der Waals surface area (Å²) in [5.74, 6) is -0.268. The molecule has 0 atom stereocenters. The van der Waals surface area contributed by atoms with Gasteiger partial charge in [0.25, 0.3) is 5.91 Å². The summed E-state index contributed by atoms with van der Waals surface area (Å²) in [5.41, 5.74) is 0.369. The average Bonchev–Trinajstić information content (AvgIpc) is 2.89. The summed E-state index contributed by atoms with van der Waals surface area (Å²) in [4.78, 5) is 16.7. The topological polar surface area (TPSA) is 51.2 Å². The zero-order valence-electron chi connectivity index (χ0n) is 12.5. The van der Waals surface area contributed by atoms with Gasteiger partial charge in [0.15, 0.2) is 0 Å². The van der Waals surface area contributed by atoms with Gasteiger partial charge in [-0.3, -0.25) is 4.79 Å². The molecule has 0 unspecified atom stereocenters. The summed E-state index contributed by atoms with van der Waals surface area (Å²) < 4.78 is 42.6. The lowest BCUT2D eigenvalue weighted by Crippen LogP contribution is -2.26. The van der Waals surface area contributed by atoms with Gasteiger partial charge in [0.1, 0.15) is 9.88 Å². The summed E-state index contributed by atoms with van der Waals surface area (Å²) in [7, 11) is 1.53. The first kappa shape index (κ1) is 17.4. The van der Waals surface area contributed by atoms with E-state index < -0.39 is 11.7 Å². The number of aryl methyl sites for hydroxylation is 1. The zero-order valence-corrected chi connectivity index (χ0v) is 13.3. The lowest BCUT2D eigenvalue weighted by atomic mass is 10.1. The second-order valence-electron chi connectivity index (χ2n) is 4.76. The minimum Gasteiger partial charge on any atom is -0.383 e. The molecule has 23 heavy (non-hydrogen) atoms. The highest BCUT2D eigenvalue weighted by Gasteiger charge is 2.30. The number of methoxy groups -OCH3 is 1. The first-order chi connectivity index (χ1) is 10.8. The molecular formula is C15H15F3N2O2S. The minimum absolute atomic E-state index is 0.268. The average molecular weight is 344 g/mol. The van der Waals surface area contributed by atoms with Gasteiger partial charge in [-0.05, 0) is 19.1 Å². The van der Waals surface area contributed by atoms with E-state index in [1.807, 2.05) is 0 Å². The molecule has 0 bridgehead atoms. The smallest absolute Gasteiger partial charge is 0.383 e.